The van der Waals surface area contributed by atoms with Crippen LogP contribution < -0.4 is 11.4 Å². The third kappa shape index (κ3) is 1.74. The number of H-pyrrole nitrogens is 1. The van der Waals surface area contributed by atoms with Gasteiger partial charge in [-0.3, -0.25) is 14.3 Å². The molecule has 0 atom stereocenters. The van der Waals surface area contributed by atoms with Gasteiger partial charge in [-0.05, 0) is 12.1 Å². The molecule has 0 aliphatic heterocycles. The quantitative estimate of drug-likeness (QED) is 0.669. The van der Waals surface area contributed by atoms with Crippen molar-refractivity contribution in [3.8, 4) is 11.4 Å². The first-order valence-corrected chi connectivity index (χ1v) is 5.75. The zero-order valence-corrected chi connectivity index (χ0v) is 10.5. The van der Waals surface area contributed by atoms with Crippen LogP contribution in [0.4, 0.5) is 0 Å². The summed E-state index contributed by atoms with van der Waals surface area (Å²) in [6.07, 6.45) is 3.18. The molecule has 100 valence electrons. The van der Waals surface area contributed by atoms with Crippen molar-refractivity contribution < 1.29 is 4.79 Å². The zero-order valence-electron chi connectivity index (χ0n) is 10.5. The van der Waals surface area contributed by atoms with Crippen molar-refractivity contribution in [2.24, 2.45) is 12.8 Å². The number of imidazole rings is 1. The predicted molar refractivity (Wildman–Crippen MR) is 70.9 cm³/mol. The van der Waals surface area contributed by atoms with Crippen LogP contribution in [-0.4, -0.2) is 30.4 Å². The number of rotatable bonds is 2. The summed E-state index contributed by atoms with van der Waals surface area (Å²) in [6, 6.07) is 3.48. The second-order valence-corrected chi connectivity index (χ2v) is 4.19. The Morgan fingerprint density at radius 2 is 2.20 bits per heavy atom. The maximum Gasteiger partial charge on any atom is 0.327 e. The van der Waals surface area contributed by atoms with Crippen LogP contribution in [0, 0.1) is 0 Å². The molecule has 0 aliphatic rings. The fourth-order valence-corrected chi connectivity index (χ4v) is 1.90. The Morgan fingerprint density at radius 1 is 1.40 bits per heavy atom. The standard InChI is InChI=1S/C12H10N6O2/c1-18-11-8(16-12(18)20)7(9(13)19)15-10(17-11)6-3-2-4-14-5-6/h2-5H,1H3,(H2,13,19)(H,16,20). The van der Waals surface area contributed by atoms with Crippen molar-refractivity contribution in [3.63, 3.8) is 0 Å². The Bertz CT molecular complexity index is 865. The van der Waals surface area contributed by atoms with Gasteiger partial charge in [0.05, 0.1) is 0 Å². The third-order valence-corrected chi connectivity index (χ3v) is 2.90. The van der Waals surface area contributed by atoms with Gasteiger partial charge < -0.3 is 10.7 Å². The number of hydrogen-bond acceptors (Lipinski definition) is 5. The van der Waals surface area contributed by atoms with E-state index in [2.05, 4.69) is 19.9 Å². The summed E-state index contributed by atoms with van der Waals surface area (Å²) in [5.74, 6) is -0.446. The first kappa shape index (κ1) is 12.0. The van der Waals surface area contributed by atoms with Gasteiger partial charge in [-0.1, -0.05) is 0 Å². The number of carbonyl (C=O) groups is 1. The molecule has 0 spiro atoms. The lowest BCUT2D eigenvalue weighted by molar-refractivity contribution is 0.0997. The molecule has 8 nitrogen and oxygen atoms in total. The van der Waals surface area contributed by atoms with E-state index in [9.17, 15) is 9.59 Å². The monoisotopic (exact) mass is 270 g/mol. The first-order valence-electron chi connectivity index (χ1n) is 5.75. The van der Waals surface area contributed by atoms with Crippen LogP contribution in [0.2, 0.25) is 0 Å². The predicted octanol–water partition coefficient (Wildman–Crippen LogP) is -0.183. The molecule has 0 radical (unpaired) electrons. The summed E-state index contributed by atoms with van der Waals surface area (Å²) in [5.41, 5.74) is 6.08. The summed E-state index contributed by atoms with van der Waals surface area (Å²) in [6.45, 7) is 0. The highest BCUT2D eigenvalue weighted by molar-refractivity contribution is 6.01. The lowest BCUT2D eigenvalue weighted by Crippen LogP contribution is -2.15. The van der Waals surface area contributed by atoms with E-state index >= 15 is 0 Å². The Morgan fingerprint density at radius 3 is 2.85 bits per heavy atom. The Kier molecular flexibility index (Phi) is 2.56. The fraction of sp³-hybridized carbons (Fsp3) is 0.0833. The smallest absolute Gasteiger partial charge is 0.327 e. The van der Waals surface area contributed by atoms with Crippen LogP contribution in [0.5, 0.6) is 0 Å². The molecule has 3 aromatic rings. The topological polar surface area (TPSA) is 120 Å². The van der Waals surface area contributed by atoms with Crippen LogP contribution in [0.25, 0.3) is 22.6 Å². The molecule has 0 saturated carbocycles. The van der Waals surface area contributed by atoms with E-state index in [0.717, 1.165) is 0 Å². The number of carbonyl (C=O) groups excluding carboxylic acids is 1. The van der Waals surface area contributed by atoms with Gasteiger partial charge in [0.2, 0.25) is 0 Å². The number of aryl methyl sites for hydroxylation is 1. The molecule has 0 aromatic carbocycles. The fourth-order valence-electron chi connectivity index (χ4n) is 1.90. The molecule has 0 fully saturated rings. The Hall–Kier alpha value is -3.03. The van der Waals surface area contributed by atoms with Gasteiger partial charge in [0, 0.05) is 25.0 Å². The molecule has 8 heteroatoms. The van der Waals surface area contributed by atoms with E-state index in [1.807, 2.05) is 0 Å². The number of amides is 1. The molecule has 0 saturated heterocycles. The number of hydrogen-bond donors (Lipinski definition) is 2. The maximum absolute atomic E-state index is 11.6. The second-order valence-electron chi connectivity index (χ2n) is 4.19. The third-order valence-electron chi connectivity index (χ3n) is 2.90. The highest BCUT2D eigenvalue weighted by atomic mass is 16.2. The number of nitrogens with one attached hydrogen (secondary N) is 1. The summed E-state index contributed by atoms with van der Waals surface area (Å²) in [5, 5.41) is 0. The molecular formula is C12H10N6O2. The van der Waals surface area contributed by atoms with E-state index < -0.39 is 5.91 Å². The van der Waals surface area contributed by atoms with E-state index in [1.54, 1.807) is 31.6 Å². The largest absolute Gasteiger partial charge is 0.364 e. The number of primary amides is 1. The van der Waals surface area contributed by atoms with Gasteiger partial charge in [0.15, 0.2) is 17.2 Å². The van der Waals surface area contributed by atoms with Gasteiger partial charge in [-0.15, -0.1) is 0 Å². The van der Waals surface area contributed by atoms with E-state index in [0.29, 0.717) is 11.2 Å². The molecule has 1 amide bonds. The summed E-state index contributed by atoms with van der Waals surface area (Å²) in [7, 11) is 1.55. The van der Waals surface area contributed by atoms with Crippen molar-refractivity contribution in [2.75, 3.05) is 0 Å². The Balaban J connectivity index is 2.39. The van der Waals surface area contributed by atoms with Crippen LogP contribution >= 0.6 is 0 Å². The van der Waals surface area contributed by atoms with E-state index in [1.165, 1.54) is 4.57 Å². The van der Waals surface area contributed by atoms with E-state index in [-0.39, 0.29) is 22.7 Å². The molecule has 3 aromatic heterocycles. The molecule has 0 bridgehead atoms. The van der Waals surface area contributed by atoms with Crippen molar-refractivity contribution in [1.82, 2.24) is 24.5 Å². The summed E-state index contributed by atoms with van der Waals surface area (Å²) >= 11 is 0. The van der Waals surface area contributed by atoms with Crippen LogP contribution in [-0.2, 0) is 7.05 Å². The number of aromatic nitrogens is 5. The van der Waals surface area contributed by atoms with Crippen LogP contribution in [0.3, 0.4) is 0 Å². The van der Waals surface area contributed by atoms with Gasteiger partial charge in [-0.25, -0.2) is 14.8 Å². The number of fused-ring (bicyclic) bond motifs is 1. The second kappa shape index (κ2) is 4.26. The minimum Gasteiger partial charge on any atom is -0.364 e. The van der Waals surface area contributed by atoms with Gasteiger partial charge in [-0.2, -0.15) is 0 Å². The van der Waals surface area contributed by atoms with Crippen molar-refractivity contribution in [1.29, 1.82) is 0 Å². The van der Waals surface area contributed by atoms with Crippen molar-refractivity contribution in [2.45, 2.75) is 0 Å². The molecule has 0 aliphatic carbocycles. The van der Waals surface area contributed by atoms with Gasteiger partial charge in [0.1, 0.15) is 5.52 Å². The number of nitrogens with two attached hydrogens (primary N) is 1. The minimum absolute atomic E-state index is 0.0217. The normalized spacial score (nSPS) is 10.8. The molecule has 0 unspecified atom stereocenters. The first-order chi connectivity index (χ1) is 9.58. The van der Waals surface area contributed by atoms with E-state index in [4.69, 9.17) is 5.73 Å². The average Bonchev–Trinajstić information content (AvgIpc) is 2.74. The average molecular weight is 270 g/mol. The Labute approximate surface area is 112 Å². The lowest BCUT2D eigenvalue weighted by atomic mass is 10.2. The molecular weight excluding hydrogens is 260 g/mol. The van der Waals surface area contributed by atoms with Gasteiger partial charge >= 0.3 is 5.69 Å². The maximum atomic E-state index is 11.6. The number of nitrogens with zero attached hydrogens (tertiary/aromatic N) is 4. The SMILES string of the molecule is Cn1c(=O)[nH]c2c(C(N)=O)nc(-c3cccnc3)nc21. The van der Waals surface area contributed by atoms with Crippen LogP contribution in [0.1, 0.15) is 10.5 Å². The minimum atomic E-state index is -0.732. The van der Waals surface area contributed by atoms with Crippen molar-refractivity contribution >= 4 is 17.1 Å². The zero-order chi connectivity index (χ0) is 14.3. The molecule has 20 heavy (non-hydrogen) atoms. The molecule has 3 N–H and O–H groups in total. The summed E-state index contributed by atoms with van der Waals surface area (Å²) in [4.78, 5) is 38.0. The summed E-state index contributed by atoms with van der Waals surface area (Å²) < 4.78 is 1.29. The highest BCUT2D eigenvalue weighted by Gasteiger charge is 2.17. The molecule has 3 heterocycles. The van der Waals surface area contributed by atoms with Crippen molar-refractivity contribution in [3.05, 3.63) is 40.7 Å². The highest BCUT2D eigenvalue weighted by Crippen LogP contribution is 2.18. The molecule has 3 rings (SSSR count). The van der Waals surface area contributed by atoms with Gasteiger partial charge in [0.25, 0.3) is 5.91 Å². The number of pyridine rings is 1. The number of aromatic amines is 1. The van der Waals surface area contributed by atoms with Crippen LogP contribution in [0.15, 0.2) is 29.3 Å². The lowest BCUT2D eigenvalue weighted by Gasteiger charge is -2.03.